The lowest BCUT2D eigenvalue weighted by Crippen LogP contribution is -2.54. The number of benzene rings is 1. The molecule has 32 heavy (non-hydrogen) atoms. The van der Waals surface area contributed by atoms with Crippen LogP contribution in [-0.2, 0) is 9.59 Å². The second-order valence-corrected chi connectivity index (χ2v) is 9.83. The SMILES string of the molecule is Cc1cccc(N2CCN(C(=O)[C@H]3CCCN3c3nnc(N4CCCC4=O)s3)CC2)c1C. The number of piperazine rings is 1. The Balaban J connectivity index is 1.24. The summed E-state index contributed by atoms with van der Waals surface area (Å²) in [5.41, 5.74) is 3.89. The third kappa shape index (κ3) is 3.83. The highest BCUT2D eigenvalue weighted by Crippen LogP contribution is 2.34. The van der Waals surface area contributed by atoms with Crippen LogP contribution in [0.25, 0.3) is 0 Å². The molecule has 1 aromatic carbocycles. The maximum Gasteiger partial charge on any atom is 0.245 e. The fraction of sp³-hybridized carbons (Fsp3) is 0.565. The molecule has 0 unspecified atom stereocenters. The number of nitrogens with zero attached hydrogens (tertiary/aromatic N) is 6. The first kappa shape index (κ1) is 21.2. The number of rotatable bonds is 4. The predicted molar refractivity (Wildman–Crippen MR) is 127 cm³/mol. The molecule has 8 nitrogen and oxygen atoms in total. The van der Waals surface area contributed by atoms with Crippen LogP contribution in [0.1, 0.15) is 36.8 Å². The lowest BCUT2D eigenvalue weighted by molar-refractivity contribution is -0.132. The van der Waals surface area contributed by atoms with Gasteiger partial charge in [0.05, 0.1) is 0 Å². The molecular weight excluding hydrogens is 424 g/mol. The molecule has 4 heterocycles. The van der Waals surface area contributed by atoms with Gasteiger partial charge in [-0.1, -0.05) is 23.5 Å². The normalized spacial score (nSPS) is 21.7. The molecule has 170 valence electrons. The van der Waals surface area contributed by atoms with E-state index >= 15 is 0 Å². The van der Waals surface area contributed by atoms with Gasteiger partial charge in [0.15, 0.2) is 0 Å². The molecule has 3 saturated heterocycles. The van der Waals surface area contributed by atoms with Crippen molar-refractivity contribution in [3.05, 3.63) is 29.3 Å². The summed E-state index contributed by atoms with van der Waals surface area (Å²) in [5, 5.41) is 10.0. The fourth-order valence-electron chi connectivity index (χ4n) is 4.99. The van der Waals surface area contributed by atoms with Crippen LogP contribution in [0.5, 0.6) is 0 Å². The van der Waals surface area contributed by atoms with Crippen LogP contribution in [0.3, 0.4) is 0 Å². The van der Waals surface area contributed by atoms with E-state index in [4.69, 9.17) is 0 Å². The summed E-state index contributed by atoms with van der Waals surface area (Å²) < 4.78 is 0. The van der Waals surface area contributed by atoms with Gasteiger partial charge in [-0.15, -0.1) is 10.2 Å². The average Bonchev–Trinajstić information content (AvgIpc) is 3.55. The van der Waals surface area contributed by atoms with Gasteiger partial charge in [-0.3, -0.25) is 14.5 Å². The van der Waals surface area contributed by atoms with Gasteiger partial charge in [-0.25, -0.2) is 0 Å². The van der Waals surface area contributed by atoms with Crippen molar-refractivity contribution in [1.29, 1.82) is 0 Å². The number of aromatic nitrogens is 2. The molecule has 0 spiro atoms. The summed E-state index contributed by atoms with van der Waals surface area (Å²) >= 11 is 1.43. The Bertz CT molecular complexity index is 1020. The summed E-state index contributed by atoms with van der Waals surface area (Å²) in [5.74, 6) is 0.306. The minimum absolute atomic E-state index is 0.114. The Morgan fingerprint density at radius 2 is 1.78 bits per heavy atom. The van der Waals surface area contributed by atoms with Crippen molar-refractivity contribution in [2.24, 2.45) is 0 Å². The van der Waals surface area contributed by atoms with Crippen molar-refractivity contribution in [2.75, 3.05) is 54.0 Å². The molecule has 0 N–H and O–H groups in total. The molecule has 3 aliphatic heterocycles. The lowest BCUT2D eigenvalue weighted by atomic mass is 10.1. The van der Waals surface area contributed by atoms with Crippen LogP contribution in [-0.4, -0.2) is 72.2 Å². The van der Waals surface area contributed by atoms with Crippen LogP contribution < -0.4 is 14.7 Å². The quantitative estimate of drug-likeness (QED) is 0.707. The predicted octanol–water partition coefficient (Wildman–Crippen LogP) is 2.60. The highest BCUT2D eigenvalue weighted by molar-refractivity contribution is 7.19. The highest BCUT2D eigenvalue weighted by atomic mass is 32.1. The lowest BCUT2D eigenvalue weighted by Gasteiger charge is -2.39. The van der Waals surface area contributed by atoms with E-state index in [2.05, 4.69) is 52.0 Å². The number of hydrogen-bond acceptors (Lipinski definition) is 7. The first-order valence-corrected chi connectivity index (χ1v) is 12.3. The Hall–Kier alpha value is -2.68. The summed E-state index contributed by atoms with van der Waals surface area (Å²) in [7, 11) is 0. The zero-order chi connectivity index (χ0) is 22.2. The minimum Gasteiger partial charge on any atom is -0.368 e. The van der Waals surface area contributed by atoms with E-state index in [9.17, 15) is 9.59 Å². The Morgan fingerprint density at radius 1 is 1.00 bits per heavy atom. The maximum absolute atomic E-state index is 13.4. The standard InChI is InChI=1S/C23H30N6O2S/c1-16-6-3-7-18(17(16)2)26-12-14-27(15-13-26)21(31)19-8-4-10-28(19)22-24-25-23(32-22)29-11-5-9-20(29)30/h3,6-7,19H,4-5,8-15H2,1-2H3/t19-/m1/s1. The molecule has 3 aliphatic rings. The number of hydrogen-bond donors (Lipinski definition) is 0. The van der Waals surface area contributed by atoms with E-state index in [-0.39, 0.29) is 17.9 Å². The molecule has 0 radical (unpaired) electrons. The smallest absolute Gasteiger partial charge is 0.245 e. The van der Waals surface area contributed by atoms with Crippen molar-refractivity contribution >= 4 is 39.1 Å². The average molecular weight is 455 g/mol. The molecule has 0 bridgehead atoms. The molecule has 0 saturated carbocycles. The molecule has 2 amide bonds. The van der Waals surface area contributed by atoms with Gasteiger partial charge in [0.2, 0.25) is 22.1 Å². The highest BCUT2D eigenvalue weighted by Gasteiger charge is 2.37. The third-order valence-electron chi connectivity index (χ3n) is 7.00. The van der Waals surface area contributed by atoms with Crippen LogP contribution in [0.15, 0.2) is 18.2 Å². The largest absolute Gasteiger partial charge is 0.368 e. The van der Waals surface area contributed by atoms with Gasteiger partial charge in [-0.2, -0.15) is 0 Å². The van der Waals surface area contributed by atoms with Crippen molar-refractivity contribution in [3.8, 4) is 0 Å². The molecule has 9 heteroatoms. The van der Waals surface area contributed by atoms with E-state index in [1.165, 1.54) is 28.2 Å². The maximum atomic E-state index is 13.4. The van der Waals surface area contributed by atoms with Crippen molar-refractivity contribution < 1.29 is 9.59 Å². The first-order valence-electron chi connectivity index (χ1n) is 11.5. The molecular formula is C23H30N6O2S. The van der Waals surface area contributed by atoms with E-state index in [0.717, 1.165) is 57.1 Å². The van der Waals surface area contributed by atoms with Gasteiger partial charge >= 0.3 is 0 Å². The topological polar surface area (TPSA) is 72.9 Å². The molecule has 1 aromatic heterocycles. The number of anilines is 3. The van der Waals surface area contributed by atoms with Crippen LogP contribution in [0.4, 0.5) is 16.0 Å². The van der Waals surface area contributed by atoms with E-state index in [0.29, 0.717) is 18.1 Å². The summed E-state index contributed by atoms with van der Waals surface area (Å²) in [6.07, 6.45) is 3.25. The monoisotopic (exact) mass is 454 g/mol. The van der Waals surface area contributed by atoms with Crippen LogP contribution in [0, 0.1) is 13.8 Å². The summed E-state index contributed by atoms with van der Waals surface area (Å²) in [6, 6.07) is 6.25. The molecule has 2 aromatic rings. The summed E-state index contributed by atoms with van der Waals surface area (Å²) in [4.78, 5) is 33.7. The van der Waals surface area contributed by atoms with Gasteiger partial charge in [0.25, 0.3) is 0 Å². The van der Waals surface area contributed by atoms with Gasteiger partial charge < -0.3 is 14.7 Å². The number of carbonyl (C=O) groups excluding carboxylic acids is 2. The minimum atomic E-state index is -0.183. The van der Waals surface area contributed by atoms with Crippen LogP contribution >= 0.6 is 11.3 Å². The third-order valence-corrected chi connectivity index (χ3v) is 7.98. The Morgan fingerprint density at radius 3 is 2.53 bits per heavy atom. The molecule has 1 atom stereocenters. The van der Waals surface area contributed by atoms with Crippen molar-refractivity contribution in [3.63, 3.8) is 0 Å². The van der Waals surface area contributed by atoms with E-state index in [1.807, 2.05) is 4.90 Å². The number of aryl methyl sites for hydroxylation is 1. The van der Waals surface area contributed by atoms with Crippen molar-refractivity contribution in [2.45, 2.75) is 45.6 Å². The first-order chi connectivity index (χ1) is 15.5. The van der Waals surface area contributed by atoms with Crippen molar-refractivity contribution in [1.82, 2.24) is 15.1 Å². The molecule has 3 fully saturated rings. The fourth-order valence-corrected chi connectivity index (χ4v) is 5.96. The van der Waals surface area contributed by atoms with E-state index in [1.54, 1.807) is 4.90 Å². The zero-order valence-corrected chi connectivity index (χ0v) is 19.6. The molecule has 5 rings (SSSR count). The number of amides is 2. The molecule has 0 aliphatic carbocycles. The second kappa shape index (κ2) is 8.69. The number of carbonyl (C=O) groups is 2. The Kier molecular flexibility index (Phi) is 5.75. The van der Waals surface area contributed by atoms with Gasteiger partial charge in [0, 0.05) is 51.4 Å². The van der Waals surface area contributed by atoms with Crippen LogP contribution in [0.2, 0.25) is 0 Å². The van der Waals surface area contributed by atoms with E-state index < -0.39 is 0 Å². The zero-order valence-electron chi connectivity index (χ0n) is 18.8. The van der Waals surface area contributed by atoms with Gasteiger partial charge in [-0.05, 0) is 50.3 Å². The van der Waals surface area contributed by atoms with Gasteiger partial charge in [0.1, 0.15) is 6.04 Å². The summed E-state index contributed by atoms with van der Waals surface area (Å²) in [6.45, 7) is 9.00. The second-order valence-electron chi connectivity index (χ2n) is 8.90. The Labute approximate surface area is 192 Å².